The zero-order chi connectivity index (χ0) is 11.7. The topological polar surface area (TPSA) is 46.5 Å². The lowest BCUT2D eigenvalue weighted by atomic mass is 10.1. The van der Waals surface area contributed by atoms with E-state index >= 15 is 0 Å². The highest BCUT2D eigenvalue weighted by molar-refractivity contribution is 9.10. The van der Waals surface area contributed by atoms with Crippen molar-refractivity contribution in [1.82, 2.24) is 0 Å². The van der Waals surface area contributed by atoms with Gasteiger partial charge in [0.2, 0.25) is 0 Å². The van der Waals surface area contributed by atoms with E-state index in [1.165, 1.54) is 0 Å². The average Bonchev–Trinajstić information content (AvgIpc) is 2.15. The van der Waals surface area contributed by atoms with Gasteiger partial charge in [0, 0.05) is 0 Å². The van der Waals surface area contributed by atoms with Crippen molar-refractivity contribution >= 4 is 21.9 Å². The zero-order valence-electron chi connectivity index (χ0n) is 7.28. The number of ether oxygens (including phenoxy) is 1. The van der Waals surface area contributed by atoms with E-state index in [2.05, 4.69) is 20.7 Å². The minimum absolute atomic E-state index is 0.593. The first-order valence-corrected chi connectivity index (χ1v) is 4.34. The van der Waals surface area contributed by atoms with Gasteiger partial charge in [0.25, 0.3) is 0 Å². The first-order chi connectivity index (χ1) is 6.91. The fourth-order valence-corrected chi connectivity index (χ4v) is 1.49. The summed E-state index contributed by atoms with van der Waals surface area (Å²) in [7, 11) is 1.01. The second-order valence-corrected chi connectivity index (χ2v) is 3.26. The maximum atomic E-state index is 13.3. The standard InChI is InChI=1S/C8H4BrF3O3/c1-15-7-3(9)6(12)4(10)2(5(7)11)8(13)14/h1H3,(H,13,14). The van der Waals surface area contributed by atoms with Crippen molar-refractivity contribution in [2.75, 3.05) is 7.11 Å². The van der Waals surface area contributed by atoms with Gasteiger partial charge in [0.05, 0.1) is 7.11 Å². The maximum Gasteiger partial charge on any atom is 0.341 e. The molecule has 0 fully saturated rings. The molecule has 0 saturated heterocycles. The predicted molar refractivity (Wildman–Crippen MR) is 47.5 cm³/mol. The molecule has 1 aromatic carbocycles. The van der Waals surface area contributed by atoms with Crippen LogP contribution in [0.3, 0.4) is 0 Å². The Hall–Kier alpha value is -1.24. The third kappa shape index (κ3) is 1.79. The first-order valence-electron chi connectivity index (χ1n) is 3.55. The Bertz CT molecular complexity index is 434. The summed E-state index contributed by atoms with van der Waals surface area (Å²) in [5.74, 6) is -7.34. The van der Waals surface area contributed by atoms with Crippen molar-refractivity contribution in [2.24, 2.45) is 0 Å². The van der Waals surface area contributed by atoms with Crippen molar-refractivity contribution in [1.29, 1.82) is 0 Å². The van der Waals surface area contributed by atoms with Gasteiger partial charge in [-0.25, -0.2) is 18.0 Å². The molecule has 15 heavy (non-hydrogen) atoms. The molecule has 0 heterocycles. The highest BCUT2D eigenvalue weighted by Gasteiger charge is 2.28. The number of rotatable bonds is 2. The fraction of sp³-hybridized carbons (Fsp3) is 0.125. The van der Waals surface area contributed by atoms with Crippen LogP contribution in [0, 0.1) is 17.5 Å². The molecule has 1 N–H and O–H groups in total. The van der Waals surface area contributed by atoms with Crippen LogP contribution in [-0.2, 0) is 0 Å². The van der Waals surface area contributed by atoms with E-state index in [1.807, 2.05) is 0 Å². The van der Waals surface area contributed by atoms with Gasteiger partial charge in [-0.15, -0.1) is 0 Å². The van der Waals surface area contributed by atoms with Gasteiger partial charge in [0.15, 0.2) is 23.2 Å². The van der Waals surface area contributed by atoms with Gasteiger partial charge in [-0.2, -0.15) is 0 Å². The Balaban J connectivity index is 3.68. The summed E-state index contributed by atoms with van der Waals surface area (Å²) in [4.78, 5) is 10.5. The van der Waals surface area contributed by atoms with Crippen molar-refractivity contribution in [3.8, 4) is 5.75 Å². The zero-order valence-corrected chi connectivity index (χ0v) is 8.86. The van der Waals surface area contributed by atoms with Crippen LogP contribution in [-0.4, -0.2) is 18.2 Å². The van der Waals surface area contributed by atoms with Gasteiger partial charge in [0.1, 0.15) is 10.0 Å². The van der Waals surface area contributed by atoms with Gasteiger partial charge in [-0.1, -0.05) is 0 Å². The van der Waals surface area contributed by atoms with Crippen LogP contribution in [0.2, 0.25) is 0 Å². The molecular weight excluding hydrogens is 281 g/mol. The number of carboxylic acids is 1. The molecule has 7 heteroatoms. The van der Waals surface area contributed by atoms with E-state index in [9.17, 15) is 18.0 Å². The molecule has 1 aromatic rings. The molecule has 0 unspecified atom stereocenters. The number of carboxylic acid groups (broad SMARTS) is 1. The summed E-state index contributed by atoms with van der Waals surface area (Å²) in [6, 6.07) is 0. The molecule has 0 aromatic heterocycles. The average molecular weight is 285 g/mol. The Labute approximate surface area is 90.6 Å². The molecule has 0 spiro atoms. The minimum Gasteiger partial charge on any atom is -0.492 e. The number of aromatic carboxylic acids is 1. The summed E-state index contributed by atoms with van der Waals surface area (Å²) in [6.07, 6.45) is 0. The molecule has 0 aliphatic rings. The lowest BCUT2D eigenvalue weighted by molar-refractivity contribution is 0.0684. The van der Waals surface area contributed by atoms with Crippen LogP contribution in [0.25, 0.3) is 0 Å². The molecule has 3 nitrogen and oxygen atoms in total. The van der Waals surface area contributed by atoms with Gasteiger partial charge >= 0.3 is 5.97 Å². The number of benzene rings is 1. The van der Waals surface area contributed by atoms with Crippen molar-refractivity contribution in [3.05, 3.63) is 27.5 Å². The molecule has 1 rings (SSSR count). The maximum absolute atomic E-state index is 13.3. The highest BCUT2D eigenvalue weighted by atomic mass is 79.9. The van der Waals surface area contributed by atoms with Gasteiger partial charge in [-0.05, 0) is 15.9 Å². The first kappa shape index (κ1) is 11.8. The molecule has 0 atom stereocenters. The molecule has 0 aliphatic heterocycles. The fourth-order valence-electron chi connectivity index (χ4n) is 0.979. The number of hydrogen-bond acceptors (Lipinski definition) is 2. The smallest absolute Gasteiger partial charge is 0.341 e. The van der Waals surface area contributed by atoms with E-state index in [0.717, 1.165) is 7.11 Å². The minimum atomic E-state index is -1.91. The van der Waals surface area contributed by atoms with Crippen LogP contribution in [0.4, 0.5) is 13.2 Å². The van der Waals surface area contributed by atoms with Crippen LogP contribution < -0.4 is 4.74 Å². The number of hydrogen-bond donors (Lipinski definition) is 1. The lowest BCUT2D eigenvalue weighted by Crippen LogP contribution is -2.09. The van der Waals surface area contributed by atoms with E-state index in [1.54, 1.807) is 0 Å². The van der Waals surface area contributed by atoms with E-state index < -0.39 is 39.2 Å². The van der Waals surface area contributed by atoms with Crippen molar-refractivity contribution < 1.29 is 27.8 Å². The third-order valence-electron chi connectivity index (χ3n) is 1.64. The molecule has 82 valence electrons. The molecule has 0 bridgehead atoms. The van der Waals surface area contributed by atoms with Crippen LogP contribution >= 0.6 is 15.9 Å². The summed E-state index contributed by atoms with van der Waals surface area (Å²) < 4.78 is 43.2. The summed E-state index contributed by atoms with van der Waals surface area (Å²) in [6.45, 7) is 0. The Morgan fingerprint density at radius 1 is 1.27 bits per heavy atom. The van der Waals surface area contributed by atoms with E-state index in [-0.39, 0.29) is 0 Å². The Morgan fingerprint density at radius 2 is 1.80 bits per heavy atom. The summed E-state index contributed by atoms with van der Waals surface area (Å²) in [5.41, 5.74) is -1.38. The lowest BCUT2D eigenvalue weighted by Gasteiger charge is -2.09. The SMILES string of the molecule is COc1c(F)c(C(=O)O)c(F)c(F)c1Br. The van der Waals surface area contributed by atoms with Crippen LogP contribution in [0.15, 0.2) is 4.47 Å². The van der Waals surface area contributed by atoms with Crippen LogP contribution in [0.1, 0.15) is 10.4 Å². The molecule has 0 amide bonds. The predicted octanol–water partition coefficient (Wildman–Crippen LogP) is 2.57. The summed E-state index contributed by atoms with van der Waals surface area (Å²) >= 11 is 2.55. The second kappa shape index (κ2) is 4.09. The molecule has 0 radical (unpaired) electrons. The van der Waals surface area contributed by atoms with Crippen molar-refractivity contribution in [2.45, 2.75) is 0 Å². The second-order valence-electron chi connectivity index (χ2n) is 2.47. The molecular formula is C8H4BrF3O3. The number of carbonyl (C=O) groups is 1. The Morgan fingerprint density at radius 3 is 2.20 bits per heavy atom. The van der Waals surface area contributed by atoms with Gasteiger partial charge < -0.3 is 9.84 Å². The summed E-state index contributed by atoms with van der Waals surface area (Å²) in [5, 5.41) is 8.46. The normalized spacial score (nSPS) is 10.2. The van der Waals surface area contributed by atoms with Crippen molar-refractivity contribution in [3.63, 3.8) is 0 Å². The highest BCUT2D eigenvalue weighted by Crippen LogP contribution is 2.35. The van der Waals surface area contributed by atoms with E-state index in [4.69, 9.17) is 5.11 Å². The van der Waals surface area contributed by atoms with E-state index in [0.29, 0.717) is 0 Å². The van der Waals surface area contributed by atoms with Crippen LogP contribution in [0.5, 0.6) is 5.75 Å². The third-order valence-corrected chi connectivity index (χ3v) is 2.35. The Kier molecular flexibility index (Phi) is 3.23. The molecule has 0 saturated carbocycles. The largest absolute Gasteiger partial charge is 0.492 e. The number of methoxy groups -OCH3 is 1. The van der Waals surface area contributed by atoms with Gasteiger partial charge in [-0.3, -0.25) is 0 Å². The number of halogens is 4. The molecule has 0 aliphatic carbocycles. The quantitative estimate of drug-likeness (QED) is 0.671. The monoisotopic (exact) mass is 284 g/mol.